The van der Waals surface area contributed by atoms with Crippen LogP contribution in [-0.2, 0) is 6.42 Å². The summed E-state index contributed by atoms with van der Waals surface area (Å²) in [7, 11) is 0. The van der Waals surface area contributed by atoms with Crippen LogP contribution in [0.2, 0.25) is 0 Å². The van der Waals surface area contributed by atoms with Gasteiger partial charge in [0.05, 0.1) is 0 Å². The van der Waals surface area contributed by atoms with Crippen molar-refractivity contribution in [2.45, 2.75) is 20.3 Å². The highest BCUT2D eigenvalue weighted by Gasteiger charge is 2.15. The normalized spacial score (nSPS) is 11.2. The number of hydrogen-bond acceptors (Lipinski definition) is 2. The molecule has 0 aliphatic rings. The Morgan fingerprint density at radius 3 is 2.39 bits per heavy atom. The molecule has 0 unspecified atom stereocenters. The first-order valence-electron chi connectivity index (χ1n) is 5.76. The van der Waals surface area contributed by atoms with Crippen molar-refractivity contribution in [1.29, 1.82) is 0 Å². The molecule has 0 saturated carbocycles. The fourth-order valence-electron chi connectivity index (χ4n) is 1.97. The molecule has 5 heteroatoms. The van der Waals surface area contributed by atoms with Gasteiger partial charge < -0.3 is 5.73 Å². The Morgan fingerprint density at radius 2 is 1.83 bits per heavy atom. The van der Waals surface area contributed by atoms with Crippen molar-refractivity contribution in [2.24, 2.45) is 5.92 Å². The Bertz CT molecular complexity index is 541. The highest BCUT2D eigenvalue weighted by atomic mass is 19.1. The number of nitrogens with zero attached hydrogens (tertiary/aromatic N) is 1. The van der Waals surface area contributed by atoms with Crippen LogP contribution in [0.25, 0.3) is 11.1 Å². The summed E-state index contributed by atoms with van der Waals surface area (Å²) in [6, 6.07) is 3.35. The lowest BCUT2D eigenvalue weighted by Crippen LogP contribution is -1.98. The van der Waals surface area contributed by atoms with Gasteiger partial charge in [0.1, 0.15) is 11.6 Å². The zero-order valence-corrected chi connectivity index (χ0v) is 10.3. The van der Waals surface area contributed by atoms with Gasteiger partial charge in [-0.3, -0.25) is 5.10 Å². The van der Waals surface area contributed by atoms with Crippen LogP contribution in [0.1, 0.15) is 19.5 Å². The summed E-state index contributed by atoms with van der Waals surface area (Å²) in [6.45, 7) is 4.10. The van der Waals surface area contributed by atoms with Crippen LogP contribution in [0, 0.1) is 17.6 Å². The number of anilines is 1. The van der Waals surface area contributed by atoms with E-state index in [1.54, 1.807) is 0 Å². The first-order valence-corrected chi connectivity index (χ1v) is 5.76. The minimum Gasteiger partial charge on any atom is -0.382 e. The third kappa shape index (κ3) is 2.50. The van der Waals surface area contributed by atoms with Crippen LogP contribution >= 0.6 is 0 Å². The standard InChI is InChI=1S/C13H15F2N3/c1-7(2)3-11-12(13(16)18-17-11)8-4-9(14)6-10(15)5-8/h4-7H,3H2,1-2H3,(H3,16,17,18). The van der Waals surface area contributed by atoms with E-state index in [4.69, 9.17) is 5.73 Å². The number of aromatic nitrogens is 2. The van der Waals surface area contributed by atoms with Crippen LogP contribution in [0.4, 0.5) is 14.6 Å². The van der Waals surface area contributed by atoms with E-state index in [-0.39, 0.29) is 5.82 Å². The van der Waals surface area contributed by atoms with Gasteiger partial charge in [0.2, 0.25) is 0 Å². The van der Waals surface area contributed by atoms with Crippen LogP contribution in [-0.4, -0.2) is 10.2 Å². The van der Waals surface area contributed by atoms with Crippen molar-refractivity contribution in [3.63, 3.8) is 0 Å². The number of benzene rings is 1. The first-order chi connectivity index (χ1) is 8.47. The minimum absolute atomic E-state index is 0.260. The number of nitrogens with two attached hydrogens (primary N) is 1. The molecule has 2 rings (SSSR count). The van der Waals surface area contributed by atoms with Crippen molar-refractivity contribution in [3.05, 3.63) is 35.5 Å². The van der Waals surface area contributed by atoms with Crippen molar-refractivity contribution in [1.82, 2.24) is 10.2 Å². The molecular formula is C13H15F2N3. The summed E-state index contributed by atoms with van der Waals surface area (Å²) in [5.41, 5.74) is 7.56. The number of hydrogen-bond donors (Lipinski definition) is 2. The number of H-pyrrole nitrogens is 1. The van der Waals surface area contributed by atoms with E-state index in [0.717, 1.165) is 18.2 Å². The highest BCUT2D eigenvalue weighted by Crippen LogP contribution is 2.30. The molecule has 0 fully saturated rings. The number of aromatic amines is 1. The molecule has 0 aliphatic heterocycles. The van der Waals surface area contributed by atoms with Crippen LogP contribution < -0.4 is 5.73 Å². The quantitative estimate of drug-likeness (QED) is 0.880. The molecule has 0 bridgehead atoms. The maximum Gasteiger partial charge on any atom is 0.153 e. The Labute approximate surface area is 104 Å². The Morgan fingerprint density at radius 1 is 1.22 bits per heavy atom. The lowest BCUT2D eigenvalue weighted by atomic mass is 9.99. The number of halogens is 2. The molecule has 1 heterocycles. The van der Waals surface area contributed by atoms with E-state index in [1.165, 1.54) is 12.1 Å². The van der Waals surface area contributed by atoms with Crippen molar-refractivity contribution < 1.29 is 8.78 Å². The SMILES string of the molecule is CC(C)Cc1[nH]nc(N)c1-c1cc(F)cc(F)c1. The number of nitrogen functional groups attached to an aromatic ring is 1. The van der Waals surface area contributed by atoms with Gasteiger partial charge in [0, 0.05) is 17.3 Å². The van der Waals surface area contributed by atoms with E-state index in [9.17, 15) is 8.78 Å². The summed E-state index contributed by atoms with van der Waals surface area (Å²) in [5, 5.41) is 6.74. The highest BCUT2D eigenvalue weighted by molar-refractivity contribution is 5.76. The summed E-state index contributed by atoms with van der Waals surface area (Å²) in [4.78, 5) is 0. The Balaban J connectivity index is 2.52. The van der Waals surface area contributed by atoms with Crippen molar-refractivity contribution in [3.8, 4) is 11.1 Å². The van der Waals surface area contributed by atoms with E-state index in [2.05, 4.69) is 10.2 Å². The van der Waals surface area contributed by atoms with Crippen molar-refractivity contribution in [2.75, 3.05) is 5.73 Å². The predicted molar refractivity (Wildman–Crippen MR) is 66.9 cm³/mol. The van der Waals surface area contributed by atoms with Gasteiger partial charge in [0.15, 0.2) is 5.82 Å². The first kappa shape index (κ1) is 12.5. The van der Waals surface area contributed by atoms with Gasteiger partial charge in [-0.15, -0.1) is 0 Å². The second-order valence-corrected chi connectivity index (χ2v) is 4.72. The molecule has 96 valence electrons. The summed E-state index contributed by atoms with van der Waals surface area (Å²) in [5.74, 6) is -0.597. The van der Waals surface area contributed by atoms with Gasteiger partial charge in [-0.05, 0) is 30.0 Å². The lowest BCUT2D eigenvalue weighted by Gasteiger charge is -2.07. The molecule has 0 amide bonds. The molecule has 1 aromatic carbocycles. The molecular weight excluding hydrogens is 236 g/mol. The molecule has 0 atom stereocenters. The molecule has 2 aromatic rings. The summed E-state index contributed by atoms with van der Waals surface area (Å²) in [6.07, 6.45) is 0.720. The van der Waals surface area contributed by atoms with E-state index in [1.807, 2.05) is 13.8 Å². The smallest absolute Gasteiger partial charge is 0.153 e. The average molecular weight is 251 g/mol. The minimum atomic E-state index is -0.624. The third-order valence-electron chi connectivity index (χ3n) is 2.63. The Kier molecular flexibility index (Phi) is 3.32. The Hall–Kier alpha value is -1.91. The third-order valence-corrected chi connectivity index (χ3v) is 2.63. The van der Waals surface area contributed by atoms with Crippen LogP contribution in [0.5, 0.6) is 0 Å². The molecule has 0 radical (unpaired) electrons. The number of rotatable bonds is 3. The molecule has 1 aromatic heterocycles. The van der Waals surface area contributed by atoms with E-state index >= 15 is 0 Å². The second-order valence-electron chi connectivity index (χ2n) is 4.72. The van der Waals surface area contributed by atoms with Gasteiger partial charge in [0.25, 0.3) is 0 Å². The zero-order valence-electron chi connectivity index (χ0n) is 10.3. The maximum atomic E-state index is 13.2. The lowest BCUT2D eigenvalue weighted by molar-refractivity contribution is 0.584. The molecule has 0 saturated heterocycles. The van der Waals surface area contributed by atoms with Gasteiger partial charge in [-0.1, -0.05) is 13.8 Å². The van der Waals surface area contributed by atoms with E-state index in [0.29, 0.717) is 17.0 Å². The van der Waals surface area contributed by atoms with Gasteiger partial charge >= 0.3 is 0 Å². The van der Waals surface area contributed by atoms with Gasteiger partial charge in [-0.2, -0.15) is 5.10 Å². The fourth-order valence-corrected chi connectivity index (χ4v) is 1.97. The molecule has 0 spiro atoms. The fraction of sp³-hybridized carbons (Fsp3) is 0.308. The molecule has 3 nitrogen and oxygen atoms in total. The molecule has 0 aliphatic carbocycles. The summed E-state index contributed by atoms with van der Waals surface area (Å²) >= 11 is 0. The average Bonchev–Trinajstić information content (AvgIpc) is 2.57. The summed E-state index contributed by atoms with van der Waals surface area (Å²) < 4.78 is 26.5. The maximum absolute atomic E-state index is 13.2. The number of nitrogens with one attached hydrogen (secondary N) is 1. The largest absolute Gasteiger partial charge is 0.382 e. The van der Waals surface area contributed by atoms with Gasteiger partial charge in [-0.25, -0.2) is 8.78 Å². The topological polar surface area (TPSA) is 54.7 Å². The van der Waals surface area contributed by atoms with Crippen LogP contribution in [0.15, 0.2) is 18.2 Å². The van der Waals surface area contributed by atoms with E-state index < -0.39 is 11.6 Å². The van der Waals surface area contributed by atoms with Crippen molar-refractivity contribution >= 4 is 5.82 Å². The van der Waals surface area contributed by atoms with Crippen LogP contribution in [0.3, 0.4) is 0 Å². The molecule has 18 heavy (non-hydrogen) atoms. The second kappa shape index (κ2) is 4.76. The monoisotopic (exact) mass is 251 g/mol. The molecule has 3 N–H and O–H groups in total. The zero-order chi connectivity index (χ0) is 13.3. The predicted octanol–water partition coefficient (Wildman–Crippen LogP) is 3.14.